The molecule has 0 atom stereocenters. The number of carbonyl (C=O) groups is 1. The lowest BCUT2D eigenvalue weighted by Crippen LogP contribution is -3.13. The maximum Gasteiger partial charge on any atom is 0.159 e. The number of quaternary nitrogens is 1. The molecular formula is C24H28N3OS+. The minimum atomic E-state index is 0.120. The van der Waals surface area contributed by atoms with E-state index in [2.05, 4.69) is 53.6 Å². The van der Waals surface area contributed by atoms with Gasteiger partial charge in [-0.2, -0.15) is 0 Å². The number of hydrogen-bond donors (Lipinski definition) is 1. The van der Waals surface area contributed by atoms with Crippen LogP contribution in [0, 0.1) is 0 Å². The first-order valence-electron chi connectivity index (χ1n) is 10.4. The van der Waals surface area contributed by atoms with Crippen molar-refractivity contribution in [2.45, 2.75) is 26.8 Å². The number of thiazole rings is 1. The molecule has 3 aromatic rings. The Hall–Kier alpha value is -2.50. The monoisotopic (exact) mass is 406 g/mol. The summed E-state index contributed by atoms with van der Waals surface area (Å²) in [6, 6.07) is 16.8. The van der Waals surface area contributed by atoms with Gasteiger partial charge in [0.05, 0.1) is 26.2 Å². The fourth-order valence-corrected chi connectivity index (χ4v) is 4.65. The number of anilines is 1. The minimum absolute atomic E-state index is 0.120. The first-order valence-corrected chi connectivity index (χ1v) is 11.2. The predicted octanol–water partition coefficient (Wildman–Crippen LogP) is 3.48. The van der Waals surface area contributed by atoms with Crippen LogP contribution in [0.1, 0.15) is 35.5 Å². The van der Waals surface area contributed by atoms with Gasteiger partial charge in [0.2, 0.25) is 0 Å². The van der Waals surface area contributed by atoms with Gasteiger partial charge < -0.3 is 9.80 Å². The Morgan fingerprint density at radius 2 is 1.76 bits per heavy atom. The Morgan fingerprint density at radius 3 is 2.38 bits per heavy atom. The van der Waals surface area contributed by atoms with Crippen molar-refractivity contribution in [3.63, 3.8) is 0 Å². The summed E-state index contributed by atoms with van der Waals surface area (Å²) in [5.41, 5.74) is 5.76. The number of aryl methyl sites for hydroxylation is 1. The van der Waals surface area contributed by atoms with E-state index in [9.17, 15) is 4.79 Å². The molecule has 0 saturated carbocycles. The summed E-state index contributed by atoms with van der Waals surface area (Å²) in [5, 5.41) is 3.33. The van der Waals surface area contributed by atoms with Crippen molar-refractivity contribution in [1.82, 2.24) is 4.98 Å². The van der Waals surface area contributed by atoms with Crippen LogP contribution in [0.5, 0.6) is 0 Å². The molecule has 0 spiro atoms. The molecule has 1 N–H and O–H groups in total. The third-order valence-electron chi connectivity index (χ3n) is 5.70. The number of nitrogens with one attached hydrogen (secondary N) is 1. The summed E-state index contributed by atoms with van der Waals surface area (Å²) >= 11 is 1.74. The molecule has 5 heteroatoms. The van der Waals surface area contributed by atoms with Gasteiger partial charge in [0.15, 0.2) is 5.78 Å². The highest BCUT2D eigenvalue weighted by molar-refractivity contribution is 7.13. The number of hydrogen-bond acceptors (Lipinski definition) is 4. The number of nitrogens with zero attached hydrogens (tertiary/aromatic N) is 2. The first kappa shape index (κ1) is 19.8. The summed E-state index contributed by atoms with van der Waals surface area (Å²) in [7, 11) is 0. The van der Waals surface area contributed by atoms with Crippen LogP contribution in [0.15, 0.2) is 53.9 Å². The van der Waals surface area contributed by atoms with E-state index in [0.29, 0.717) is 0 Å². The lowest BCUT2D eigenvalue weighted by molar-refractivity contribution is -0.914. The molecule has 2 aromatic carbocycles. The van der Waals surface area contributed by atoms with Crippen molar-refractivity contribution >= 4 is 22.8 Å². The summed E-state index contributed by atoms with van der Waals surface area (Å²) in [6.07, 6.45) is 1.07. The summed E-state index contributed by atoms with van der Waals surface area (Å²) < 4.78 is 0. The van der Waals surface area contributed by atoms with Crippen LogP contribution in [0.2, 0.25) is 0 Å². The average molecular weight is 407 g/mol. The molecule has 0 aliphatic carbocycles. The molecule has 1 fully saturated rings. The predicted molar refractivity (Wildman–Crippen MR) is 120 cm³/mol. The summed E-state index contributed by atoms with van der Waals surface area (Å²) in [4.78, 5) is 20.3. The Morgan fingerprint density at radius 1 is 1.07 bits per heavy atom. The van der Waals surface area contributed by atoms with E-state index in [0.717, 1.165) is 49.7 Å². The molecule has 1 aliphatic heterocycles. The first-order chi connectivity index (χ1) is 14.1. The van der Waals surface area contributed by atoms with Gasteiger partial charge in [-0.15, -0.1) is 11.3 Å². The highest BCUT2D eigenvalue weighted by atomic mass is 32.1. The van der Waals surface area contributed by atoms with Crippen molar-refractivity contribution in [2.75, 3.05) is 31.1 Å². The van der Waals surface area contributed by atoms with Crippen molar-refractivity contribution in [1.29, 1.82) is 0 Å². The molecule has 1 saturated heterocycles. The van der Waals surface area contributed by atoms with Gasteiger partial charge >= 0.3 is 0 Å². The number of Topliss-reactive ketones (excluding diaryl/α,β-unsaturated/α-hetero) is 1. The quantitative estimate of drug-likeness (QED) is 0.637. The summed E-state index contributed by atoms with van der Waals surface area (Å²) in [5.74, 6) is 0.120. The highest BCUT2D eigenvalue weighted by Gasteiger charge is 2.21. The SMILES string of the molecule is CCc1ccc(-c2nc(C[NH+]3CCN(c4ccc(C(C)=O)cc4)CC3)cs2)cc1. The van der Waals surface area contributed by atoms with E-state index >= 15 is 0 Å². The van der Waals surface area contributed by atoms with Gasteiger partial charge in [-0.1, -0.05) is 31.2 Å². The van der Waals surface area contributed by atoms with Gasteiger partial charge in [0.25, 0.3) is 0 Å². The highest BCUT2D eigenvalue weighted by Crippen LogP contribution is 2.24. The Bertz CT molecular complexity index is 955. The lowest BCUT2D eigenvalue weighted by Gasteiger charge is -2.33. The number of benzene rings is 2. The van der Waals surface area contributed by atoms with Crippen LogP contribution in [0.25, 0.3) is 10.6 Å². The summed E-state index contributed by atoms with van der Waals surface area (Å²) in [6.45, 7) is 9.05. The van der Waals surface area contributed by atoms with Gasteiger partial charge in [0.1, 0.15) is 17.2 Å². The maximum absolute atomic E-state index is 11.4. The molecule has 29 heavy (non-hydrogen) atoms. The fourth-order valence-electron chi connectivity index (χ4n) is 3.82. The number of aromatic nitrogens is 1. The van der Waals surface area contributed by atoms with Crippen LogP contribution in [-0.2, 0) is 13.0 Å². The molecule has 1 aliphatic rings. The second-order valence-electron chi connectivity index (χ2n) is 7.71. The molecule has 2 heterocycles. The van der Waals surface area contributed by atoms with Crippen molar-refractivity contribution < 1.29 is 9.69 Å². The molecule has 4 nitrogen and oxygen atoms in total. The molecule has 150 valence electrons. The Balaban J connectivity index is 1.32. The van der Waals surface area contributed by atoms with E-state index in [1.807, 2.05) is 12.1 Å². The van der Waals surface area contributed by atoms with Crippen molar-refractivity contribution in [2.24, 2.45) is 0 Å². The molecule has 0 amide bonds. The topological polar surface area (TPSA) is 37.6 Å². The lowest BCUT2D eigenvalue weighted by atomic mass is 10.1. The number of rotatable bonds is 6. The van der Waals surface area contributed by atoms with E-state index in [-0.39, 0.29) is 5.78 Å². The van der Waals surface area contributed by atoms with Crippen molar-refractivity contribution in [3.05, 3.63) is 70.7 Å². The van der Waals surface area contributed by atoms with Crippen LogP contribution >= 0.6 is 11.3 Å². The number of ketones is 1. The molecule has 0 radical (unpaired) electrons. The van der Waals surface area contributed by atoms with Crippen LogP contribution in [-0.4, -0.2) is 36.9 Å². The second-order valence-corrected chi connectivity index (χ2v) is 8.57. The van der Waals surface area contributed by atoms with Crippen LogP contribution < -0.4 is 9.80 Å². The fraction of sp³-hybridized carbons (Fsp3) is 0.333. The molecule has 4 rings (SSSR count). The standard InChI is InChI=1S/C24H27N3OS/c1-3-19-4-6-21(7-5-19)24-25-22(17-29-24)16-26-12-14-27(15-13-26)23-10-8-20(9-11-23)18(2)28/h4-11,17H,3,12-16H2,1-2H3/p+1. The van der Waals surface area contributed by atoms with E-state index < -0.39 is 0 Å². The van der Waals surface area contributed by atoms with Crippen LogP contribution in [0.4, 0.5) is 5.69 Å². The minimum Gasteiger partial charge on any atom is -0.360 e. The molecule has 0 unspecified atom stereocenters. The molecule has 1 aromatic heterocycles. The van der Waals surface area contributed by atoms with E-state index in [1.54, 1.807) is 23.2 Å². The largest absolute Gasteiger partial charge is 0.360 e. The maximum atomic E-state index is 11.4. The zero-order chi connectivity index (χ0) is 20.2. The average Bonchev–Trinajstić information content (AvgIpc) is 3.23. The Labute approximate surface area is 176 Å². The van der Waals surface area contributed by atoms with Gasteiger partial charge in [-0.3, -0.25) is 4.79 Å². The molecular weight excluding hydrogens is 378 g/mol. The number of piperazine rings is 1. The third-order valence-corrected chi connectivity index (χ3v) is 6.64. The third kappa shape index (κ3) is 4.74. The second kappa shape index (κ2) is 8.89. The molecule has 0 bridgehead atoms. The zero-order valence-electron chi connectivity index (χ0n) is 17.1. The Kier molecular flexibility index (Phi) is 6.07. The van der Waals surface area contributed by atoms with Gasteiger partial charge in [-0.05, 0) is 43.2 Å². The van der Waals surface area contributed by atoms with E-state index in [1.165, 1.54) is 22.5 Å². The smallest absolute Gasteiger partial charge is 0.159 e. The van der Waals surface area contributed by atoms with Gasteiger partial charge in [-0.25, -0.2) is 4.98 Å². The van der Waals surface area contributed by atoms with E-state index in [4.69, 9.17) is 4.98 Å². The van der Waals surface area contributed by atoms with Crippen LogP contribution in [0.3, 0.4) is 0 Å². The van der Waals surface area contributed by atoms with Crippen molar-refractivity contribution in [3.8, 4) is 10.6 Å². The normalized spacial score (nSPS) is 14.9. The number of carbonyl (C=O) groups excluding carboxylic acids is 1. The van der Waals surface area contributed by atoms with Gasteiger partial charge in [0, 0.05) is 22.2 Å². The zero-order valence-corrected chi connectivity index (χ0v) is 18.0.